The van der Waals surface area contributed by atoms with E-state index in [1.807, 2.05) is 24.3 Å². The van der Waals surface area contributed by atoms with Gasteiger partial charge in [-0.3, -0.25) is 14.6 Å². The van der Waals surface area contributed by atoms with Gasteiger partial charge in [-0.05, 0) is 75.3 Å². The first kappa shape index (κ1) is 31.2. The quantitative estimate of drug-likeness (QED) is 0.449. The van der Waals surface area contributed by atoms with Crippen molar-refractivity contribution >= 4 is 25.2 Å². The van der Waals surface area contributed by atoms with E-state index in [0.717, 1.165) is 30.4 Å². The Hall–Kier alpha value is -2.79. The van der Waals surface area contributed by atoms with Gasteiger partial charge in [-0.1, -0.05) is 51.5 Å². The predicted molar refractivity (Wildman–Crippen MR) is 164 cm³/mol. The molecule has 7 rings (SSSR count). The van der Waals surface area contributed by atoms with Gasteiger partial charge in [0.2, 0.25) is 5.91 Å². The number of nitrogens with one attached hydrogen (secondary N) is 1. The third-order valence-corrected chi connectivity index (χ3v) is 10.8. The van der Waals surface area contributed by atoms with E-state index in [-0.39, 0.29) is 41.9 Å². The molecule has 5 fully saturated rings. The Bertz CT molecular complexity index is 1280. The Morgan fingerprint density at radius 3 is 2.36 bits per heavy atom. The summed E-state index contributed by atoms with van der Waals surface area (Å²) in [6.07, 6.45) is 2.09. The highest BCUT2D eigenvalue weighted by Crippen LogP contribution is 2.65. The number of rotatable bonds is 6. The monoisotopic (exact) mass is 609 g/mol. The largest absolute Gasteiger partial charge is 0.481 e. The van der Waals surface area contributed by atoms with Gasteiger partial charge in [-0.15, -0.1) is 0 Å². The standard InChI is InChI=1S/C33H48BN3O7/c1-8-11-27(34-43-26-15-22-14-25(32(22,5)6)33(26,7)44-34)35-28(38)24-16-23(19-37(24)30(40)42-31(2,3)4)41-29(39)36-17-20-12-9-10-13-21(20)18-36/h9-10,12-13,22-27H,8,11,14-19H2,1-7H3,(H,35,38)/t22-,23+,24-,25-,26+,27-,33-/m0/s1. The van der Waals surface area contributed by atoms with Crippen molar-refractivity contribution in [1.29, 1.82) is 0 Å². The molecule has 3 saturated carbocycles. The van der Waals surface area contributed by atoms with Crippen molar-refractivity contribution in [3.63, 3.8) is 0 Å². The summed E-state index contributed by atoms with van der Waals surface area (Å²) in [5.41, 5.74) is 1.27. The van der Waals surface area contributed by atoms with E-state index in [4.69, 9.17) is 18.8 Å². The van der Waals surface area contributed by atoms with Crippen LogP contribution in [0.15, 0.2) is 24.3 Å². The number of fused-ring (bicyclic) bond motifs is 1. The molecule has 11 heteroatoms. The van der Waals surface area contributed by atoms with Crippen molar-refractivity contribution in [2.45, 2.75) is 129 Å². The molecule has 2 saturated heterocycles. The summed E-state index contributed by atoms with van der Waals surface area (Å²) in [5, 5.41) is 3.18. The van der Waals surface area contributed by atoms with Gasteiger partial charge < -0.3 is 24.1 Å². The lowest BCUT2D eigenvalue weighted by atomic mass is 9.43. The number of likely N-dealkylation sites (tertiary alicyclic amines) is 1. The number of amides is 3. The van der Waals surface area contributed by atoms with Crippen molar-refractivity contribution in [3.05, 3.63) is 35.4 Å². The van der Waals surface area contributed by atoms with E-state index in [9.17, 15) is 14.4 Å². The molecule has 7 atom stereocenters. The van der Waals surface area contributed by atoms with Gasteiger partial charge in [0, 0.05) is 19.5 Å². The van der Waals surface area contributed by atoms with Crippen LogP contribution in [0.5, 0.6) is 0 Å². The molecule has 0 aromatic heterocycles. The summed E-state index contributed by atoms with van der Waals surface area (Å²) >= 11 is 0. The molecular formula is C33H48BN3O7. The molecule has 1 aromatic carbocycles. The molecule has 1 aromatic rings. The number of carbonyl (C=O) groups excluding carboxylic acids is 3. The predicted octanol–water partition coefficient (Wildman–Crippen LogP) is 5.07. The van der Waals surface area contributed by atoms with E-state index < -0.39 is 37.1 Å². The average molecular weight is 610 g/mol. The van der Waals surface area contributed by atoms with Gasteiger partial charge in [0.05, 0.1) is 24.2 Å². The molecule has 3 heterocycles. The highest BCUT2D eigenvalue weighted by atomic mass is 16.7. The van der Waals surface area contributed by atoms with Crippen molar-refractivity contribution in [3.8, 4) is 0 Å². The lowest BCUT2D eigenvalue weighted by Crippen LogP contribution is -2.65. The van der Waals surface area contributed by atoms with E-state index in [2.05, 4.69) is 33.0 Å². The number of carbonyl (C=O) groups is 3. The summed E-state index contributed by atoms with van der Waals surface area (Å²) in [5.74, 6) is 0.346. The molecule has 3 amide bonds. The first-order valence-electron chi connectivity index (χ1n) is 16.3. The number of benzene rings is 1. The van der Waals surface area contributed by atoms with Crippen molar-refractivity contribution in [2.75, 3.05) is 6.54 Å². The van der Waals surface area contributed by atoms with Crippen LogP contribution in [0, 0.1) is 17.3 Å². The first-order chi connectivity index (χ1) is 20.7. The van der Waals surface area contributed by atoms with Crippen LogP contribution in [0.25, 0.3) is 0 Å². The summed E-state index contributed by atoms with van der Waals surface area (Å²) in [4.78, 5) is 43.5. The number of nitrogens with zero attached hydrogens (tertiary/aromatic N) is 2. The van der Waals surface area contributed by atoms with Crippen molar-refractivity contribution in [1.82, 2.24) is 15.1 Å². The maximum absolute atomic E-state index is 14.0. The van der Waals surface area contributed by atoms with Crippen LogP contribution >= 0.6 is 0 Å². The van der Waals surface area contributed by atoms with Gasteiger partial charge in [0.15, 0.2) is 0 Å². The molecule has 0 spiro atoms. The molecule has 0 unspecified atom stereocenters. The second-order valence-corrected chi connectivity index (χ2v) is 15.3. The van der Waals surface area contributed by atoms with Crippen LogP contribution in [-0.2, 0) is 36.7 Å². The molecule has 3 aliphatic carbocycles. The second-order valence-electron chi connectivity index (χ2n) is 15.3. The lowest BCUT2D eigenvalue weighted by molar-refractivity contribution is -0.199. The second kappa shape index (κ2) is 11.2. The molecule has 0 radical (unpaired) electrons. The summed E-state index contributed by atoms with van der Waals surface area (Å²) in [7, 11) is -0.564. The Morgan fingerprint density at radius 2 is 1.75 bits per heavy atom. The minimum Gasteiger partial charge on any atom is -0.444 e. The molecule has 10 nitrogen and oxygen atoms in total. The maximum Gasteiger partial charge on any atom is 0.481 e. The smallest absolute Gasteiger partial charge is 0.444 e. The van der Waals surface area contributed by atoms with E-state index >= 15 is 0 Å². The average Bonchev–Trinajstić information content (AvgIpc) is 3.66. The fourth-order valence-corrected chi connectivity index (χ4v) is 8.27. The van der Waals surface area contributed by atoms with Crippen LogP contribution in [0.4, 0.5) is 9.59 Å². The van der Waals surface area contributed by atoms with Crippen LogP contribution in [-0.4, -0.2) is 76.9 Å². The van der Waals surface area contributed by atoms with Gasteiger partial charge >= 0.3 is 19.3 Å². The van der Waals surface area contributed by atoms with Crippen molar-refractivity contribution in [2.24, 2.45) is 17.3 Å². The zero-order valence-corrected chi connectivity index (χ0v) is 27.3. The maximum atomic E-state index is 14.0. The third kappa shape index (κ3) is 5.59. The summed E-state index contributed by atoms with van der Waals surface area (Å²) < 4.78 is 24.8. The van der Waals surface area contributed by atoms with Gasteiger partial charge in [0.1, 0.15) is 17.7 Å². The van der Waals surface area contributed by atoms with Crippen molar-refractivity contribution < 1.29 is 33.2 Å². The Morgan fingerprint density at radius 1 is 1.07 bits per heavy atom. The minimum absolute atomic E-state index is 0.00536. The highest BCUT2D eigenvalue weighted by molar-refractivity contribution is 6.47. The normalized spacial score (nSPS) is 32.4. The van der Waals surface area contributed by atoms with Gasteiger partial charge in [0.25, 0.3) is 0 Å². The number of hydrogen-bond donors (Lipinski definition) is 1. The Labute approximate surface area is 261 Å². The zero-order valence-electron chi connectivity index (χ0n) is 27.3. The molecule has 2 bridgehead atoms. The van der Waals surface area contributed by atoms with Crippen LogP contribution in [0.2, 0.25) is 0 Å². The summed E-state index contributed by atoms with van der Waals surface area (Å²) in [6, 6.07) is 7.07. The number of ether oxygens (including phenoxy) is 2. The van der Waals surface area contributed by atoms with Gasteiger partial charge in [-0.2, -0.15) is 0 Å². The van der Waals surface area contributed by atoms with E-state index in [0.29, 0.717) is 31.3 Å². The Balaban J connectivity index is 1.14. The number of hydrogen-bond acceptors (Lipinski definition) is 7. The van der Waals surface area contributed by atoms with Gasteiger partial charge in [-0.25, -0.2) is 9.59 Å². The highest BCUT2D eigenvalue weighted by Gasteiger charge is 2.68. The van der Waals surface area contributed by atoms with Crippen LogP contribution in [0.1, 0.15) is 91.7 Å². The third-order valence-electron chi connectivity index (χ3n) is 10.8. The molecular weight excluding hydrogens is 561 g/mol. The molecule has 44 heavy (non-hydrogen) atoms. The zero-order chi connectivity index (χ0) is 31.6. The van der Waals surface area contributed by atoms with E-state index in [1.54, 1.807) is 25.7 Å². The fourth-order valence-electron chi connectivity index (χ4n) is 8.27. The molecule has 3 aliphatic heterocycles. The topological polar surface area (TPSA) is 107 Å². The van der Waals surface area contributed by atoms with E-state index in [1.165, 1.54) is 4.90 Å². The Kier molecular flexibility index (Phi) is 7.96. The van der Waals surface area contributed by atoms with Crippen LogP contribution < -0.4 is 5.32 Å². The first-order valence-corrected chi connectivity index (χ1v) is 16.3. The molecule has 1 N–H and O–H groups in total. The summed E-state index contributed by atoms with van der Waals surface area (Å²) in [6.45, 7) is 15.3. The molecule has 240 valence electrons. The fraction of sp³-hybridized carbons (Fsp3) is 0.727. The molecule has 6 aliphatic rings. The SMILES string of the molecule is CCC[C@H](NC(=O)[C@@H]1C[C@@H](OC(=O)N2Cc3ccccc3C2)CN1C(=O)OC(C)(C)C)B1O[C@@H]2C[C@@H]3C[C@@H](C3(C)C)[C@]2(C)O1. The minimum atomic E-state index is -0.858. The van der Waals surface area contributed by atoms with Crippen LogP contribution in [0.3, 0.4) is 0 Å². The lowest BCUT2D eigenvalue weighted by Gasteiger charge is -2.64.